The van der Waals surface area contributed by atoms with Crippen molar-refractivity contribution >= 4 is 29.7 Å². The van der Waals surface area contributed by atoms with Crippen LogP contribution >= 0.6 is 12.4 Å². The first-order chi connectivity index (χ1) is 12.1. The van der Waals surface area contributed by atoms with E-state index < -0.39 is 0 Å². The molecule has 6 heteroatoms. The molecule has 1 aliphatic rings. The summed E-state index contributed by atoms with van der Waals surface area (Å²) in [4.78, 5) is 12.4. The van der Waals surface area contributed by atoms with E-state index in [9.17, 15) is 4.79 Å². The summed E-state index contributed by atoms with van der Waals surface area (Å²) in [7, 11) is 0. The molecule has 1 saturated heterocycles. The molecule has 140 valence electrons. The summed E-state index contributed by atoms with van der Waals surface area (Å²) >= 11 is 0. The van der Waals surface area contributed by atoms with Gasteiger partial charge in [-0.25, -0.2) is 0 Å². The minimum absolute atomic E-state index is 0. The van der Waals surface area contributed by atoms with Crippen LogP contribution in [0.15, 0.2) is 54.6 Å². The molecule has 5 nitrogen and oxygen atoms in total. The number of rotatable bonds is 5. The van der Waals surface area contributed by atoms with Crippen LogP contribution in [0.5, 0.6) is 0 Å². The maximum absolute atomic E-state index is 12.4. The normalized spacial score (nSPS) is 20.5. The van der Waals surface area contributed by atoms with Gasteiger partial charge in [0, 0.05) is 24.0 Å². The predicted octanol–water partition coefficient (Wildman–Crippen LogP) is 3.60. The topological polar surface area (TPSA) is 62.4 Å². The van der Waals surface area contributed by atoms with E-state index in [1.807, 2.05) is 49.4 Å². The van der Waals surface area contributed by atoms with Gasteiger partial charge in [0.25, 0.3) is 0 Å². The molecular weight excluding hydrogens is 350 g/mol. The third-order valence-electron chi connectivity index (χ3n) is 4.43. The van der Waals surface area contributed by atoms with Crippen LogP contribution in [0.3, 0.4) is 0 Å². The number of ether oxygens (including phenoxy) is 1. The highest BCUT2D eigenvalue weighted by molar-refractivity contribution is 5.95. The fraction of sp³-hybridized carbons (Fsp3) is 0.350. The average Bonchev–Trinajstić information content (AvgIpc) is 2.64. The van der Waals surface area contributed by atoms with Crippen LogP contribution in [0.25, 0.3) is 0 Å². The van der Waals surface area contributed by atoms with Gasteiger partial charge in [-0.2, -0.15) is 0 Å². The lowest BCUT2D eigenvalue weighted by Gasteiger charge is -2.29. The molecule has 3 rings (SSSR count). The van der Waals surface area contributed by atoms with Crippen LogP contribution < -0.4 is 16.0 Å². The maximum atomic E-state index is 12.4. The highest BCUT2D eigenvalue weighted by Gasteiger charge is 2.28. The van der Waals surface area contributed by atoms with E-state index in [1.54, 1.807) is 0 Å². The largest absolute Gasteiger partial charge is 0.379 e. The summed E-state index contributed by atoms with van der Waals surface area (Å²) in [6.07, 6.45) is -0.124. The second kappa shape index (κ2) is 9.57. The first-order valence-corrected chi connectivity index (χ1v) is 8.71. The third-order valence-corrected chi connectivity index (χ3v) is 4.43. The van der Waals surface area contributed by atoms with Crippen molar-refractivity contribution in [2.24, 2.45) is 0 Å². The molecule has 1 aliphatic heterocycles. The first-order valence-electron chi connectivity index (χ1n) is 8.71. The Hall–Kier alpha value is -2.08. The Morgan fingerprint density at radius 2 is 1.77 bits per heavy atom. The quantitative estimate of drug-likeness (QED) is 0.747. The minimum Gasteiger partial charge on any atom is -0.379 e. The number of hydrogen-bond acceptors (Lipinski definition) is 4. The lowest BCUT2D eigenvalue weighted by molar-refractivity contribution is -0.123. The summed E-state index contributed by atoms with van der Waals surface area (Å²) in [6, 6.07) is 18.0. The molecule has 0 aliphatic carbocycles. The van der Waals surface area contributed by atoms with E-state index in [1.165, 1.54) is 5.56 Å². The molecule has 0 saturated carbocycles. The van der Waals surface area contributed by atoms with Crippen LogP contribution in [-0.2, 0) is 9.53 Å². The molecule has 3 N–H and O–H groups in total. The highest BCUT2D eigenvalue weighted by atomic mass is 35.5. The smallest absolute Gasteiger partial charge is 0.244 e. The van der Waals surface area contributed by atoms with Crippen molar-refractivity contribution in [3.05, 3.63) is 60.2 Å². The minimum atomic E-state index is -0.315. The van der Waals surface area contributed by atoms with Crippen molar-refractivity contribution in [3.63, 3.8) is 0 Å². The lowest BCUT2D eigenvalue weighted by Crippen LogP contribution is -2.53. The van der Waals surface area contributed by atoms with Gasteiger partial charge in [-0.15, -0.1) is 12.4 Å². The monoisotopic (exact) mass is 375 g/mol. The zero-order chi connectivity index (χ0) is 17.6. The summed E-state index contributed by atoms with van der Waals surface area (Å²) in [5, 5.41) is 9.60. The Balaban J connectivity index is 0.00000243. The van der Waals surface area contributed by atoms with E-state index >= 15 is 0 Å². The number of benzene rings is 2. The zero-order valence-electron chi connectivity index (χ0n) is 15.1. The van der Waals surface area contributed by atoms with Crippen molar-refractivity contribution in [2.75, 3.05) is 23.8 Å². The van der Waals surface area contributed by atoms with Crippen molar-refractivity contribution in [1.82, 2.24) is 5.32 Å². The molecule has 26 heavy (non-hydrogen) atoms. The zero-order valence-corrected chi connectivity index (χ0v) is 15.9. The van der Waals surface area contributed by atoms with Gasteiger partial charge in [-0.3, -0.25) is 4.79 Å². The number of amides is 1. The average molecular weight is 376 g/mol. The molecular formula is C20H26ClN3O2. The SMILES string of the molecule is CC(Nc1ccc(NC(=O)[C@H]2NCCO[C@@H]2C)cc1)c1ccccc1.Cl. The molecule has 2 aromatic carbocycles. The molecule has 1 unspecified atom stereocenters. The van der Waals surface area contributed by atoms with Crippen molar-refractivity contribution in [1.29, 1.82) is 0 Å². The van der Waals surface area contributed by atoms with Gasteiger partial charge in [0.2, 0.25) is 5.91 Å². The van der Waals surface area contributed by atoms with E-state index in [4.69, 9.17) is 4.74 Å². The molecule has 3 atom stereocenters. The van der Waals surface area contributed by atoms with E-state index in [-0.39, 0.29) is 36.5 Å². The van der Waals surface area contributed by atoms with Crippen LogP contribution in [0.2, 0.25) is 0 Å². The van der Waals surface area contributed by atoms with E-state index in [0.29, 0.717) is 13.2 Å². The summed E-state index contributed by atoms with van der Waals surface area (Å²) in [5.41, 5.74) is 3.03. The lowest BCUT2D eigenvalue weighted by atomic mass is 10.1. The molecule has 1 heterocycles. The van der Waals surface area contributed by atoms with Crippen molar-refractivity contribution < 1.29 is 9.53 Å². The predicted molar refractivity (Wildman–Crippen MR) is 108 cm³/mol. The maximum Gasteiger partial charge on any atom is 0.244 e. The van der Waals surface area contributed by atoms with Gasteiger partial charge < -0.3 is 20.7 Å². The standard InChI is InChI=1S/C20H25N3O2.ClH/c1-14(16-6-4-3-5-7-16)22-17-8-10-18(11-9-17)23-20(24)19-15(2)25-13-12-21-19;/h3-11,14-15,19,21-22H,12-13H2,1-2H3,(H,23,24);1H/t14?,15-,19+;/m1./s1. The molecule has 1 amide bonds. The van der Waals surface area contributed by atoms with Gasteiger partial charge in [0.15, 0.2) is 0 Å². The van der Waals surface area contributed by atoms with Crippen LogP contribution in [0, 0.1) is 0 Å². The van der Waals surface area contributed by atoms with E-state index in [0.717, 1.165) is 11.4 Å². The Labute approximate surface area is 160 Å². The number of anilines is 2. The number of halogens is 1. The van der Waals surface area contributed by atoms with Crippen LogP contribution in [0.1, 0.15) is 25.5 Å². The fourth-order valence-corrected chi connectivity index (χ4v) is 2.97. The molecule has 0 bridgehead atoms. The Morgan fingerprint density at radius 1 is 1.12 bits per heavy atom. The summed E-state index contributed by atoms with van der Waals surface area (Å²) < 4.78 is 5.52. The number of hydrogen-bond donors (Lipinski definition) is 3. The molecule has 1 fully saturated rings. The number of carbonyl (C=O) groups excluding carboxylic acids is 1. The van der Waals surface area contributed by atoms with Gasteiger partial charge in [0.1, 0.15) is 6.04 Å². The number of nitrogens with one attached hydrogen (secondary N) is 3. The third kappa shape index (κ3) is 5.21. The van der Waals surface area contributed by atoms with Crippen molar-refractivity contribution in [3.8, 4) is 0 Å². The highest BCUT2D eigenvalue weighted by Crippen LogP contribution is 2.21. The van der Waals surface area contributed by atoms with Gasteiger partial charge in [-0.1, -0.05) is 30.3 Å². The molecule has 0 aromatic heterocycles. The van der Waals surface area contributed by atoms with Gasteiger partial charge in [0.05, 0.1) is 12.7 Å². The van der Waals surface area contributed by atoms with Crippen LogP contribution in [0.4, 0.5) is 11.4 Å². The van der Waals surface area contributed by atoms with Gasteiger partial charge in [-0.05, 0) is 43.7 Å². The Morgan fingerprint density at radius 3 is 2.42 bits per heavy atom. The molecule has 2 aromatic rings. The summed E-state index contributed by atoms with van der Waals surface area (Å²) in [6.45, 7) is 5.38. The Kier molecular flexibility index (Phi) is 7.45. The van der Waals surface area contributed by atoms with Crippen molar-refractivity contribution in [2.45, 2.75) is 32.0 Å². The van der Waals surface area contributed by atoms with Crippen LogP contribution in [-0.4, -0.2) is 31.2 Å². The number of morpholine rings is 1. The summed E-state index contributed by atoms with van der Waals surface area (Å²) in [5.74, 6) is -0.0643. The second-order valence-corrected chi connectivity index (χ2v) is 6.35. The molecule has 0 spiro atoms. The number of carbonyl (C=O) groups is 1. The Bertz CT molecular complexity index is 694. The van der Waals surface area contributed by atoms with E-state index in [2.05, 4.69) is 35.0 Å². The fourth-order valence-electron chi connectivity index (χ4n) is 2.97. The first kappa shape index (κ1) is 20.2. The second-order valence-electron chi connectivity index (χ2n) is 6.35. The molecule has 0 radical (unpaired) electrons. The van der Waals surface area contributed by atoms with Gasteiger partial charge >= 0.3 is 0 Å².